The topological polar surface area (TPSA) is 30.0 Å². The second kappa shape index (κ2) is 3.16. The van der Waals surface area contributed by atoms with Crippen molar-refractivity contribution in [3.63, 3.8) is 0 Å². The second-order valence-corrected chi connectivity index (χ2v) is 5.47. The summed E-state index contributed by atoms with van der Waals surface area (Å²) in [5.74, 6) is 1.14. The third-order valence-corrected chi connectivity index (χ3v) is 4.11. The molecule has 1 aromatic rings. The summed E-state index contributed by atoms with van der Waals surface area (Å²) in [6.07, 6.45) is 6.64. The monoisotopic (exact) mass is 207 g/mol. The van der Waals surface area contributed by atoms with Crippen molar-refractivity contribution in [3.05, 3.63) is 15.6 Å². The number of thiazole rings is 1. The van der Waals surface area contributed by atoms with E-state index in [0.717, 1.165) is 30.9 Å². The van der Waals surface area contributed by atoms with Crippen molar-refractivity contribution in [1.29, 1.82) is 0 Å². The van der Waals surface area contributed by atoms with Crippen molar-refractivity contribution >= 4 is 17.1 Å². The SMILES string of the molecule is O=C1CCCc2sc(CC3CC3)nc21. The molecule has 1 fully saturated rings. The Labute approximate surface area is 87.4 Å². The second-order valence-electron chi connectivity index (χ2n) is 4.30. The highest BCUT2D eigenvalue weighted by Gasteiger charge is 2.26. The predicted octanol–water partition coefficient (Wildman–Crippen LogP) is 2.61. The third kappa shape index (κ3) is 1.50. The molecule has 0 aromatic carbocycles. The molecule has 74 valence electrons. The van der Waals surface area contributed by atoms with Crippen molar-refractivity contribution in [2.75, 3.05) is 0 Å². The summed E-state index contributed by atoms with van der Waals surface area (Å²) >= 11 is 1.78. The van der Waals surface area contributed by atoms with Crippen molar-refractivity contribution < 1.29 is 4.79 Å². The minimum absolute atomic E-state index is 0.268. The number of Topliss-reactive ketones (excluding diaryl/α,β-unsaturated/α-hetero) is 1. The molecule has 1 saturated carbocycles. The molecule has 2 aliphatic rings. The van der Waals surface area contributed by atoms with Crippen LogP contribution in [0.25, 0.3) is 0 Å². The van der Waals surface area contributed by atoms with Gasteiger partial charge in [0, 0.05) is 17.7 Å². The quantitative estimate of drug-likeness (QED) is 0.746. The number of aromatic nitrogens is 1. The Hall–Kier alpha value is -0.700. The molecule has 0 radical (unpaired) electrons. The number of hydrogen-bond acceptors (Lipinski definition) is 3. The van der Waals surface area contributed by atoms with Crippen molar-refractivity contribution in [2.24, 2.45) is 5.92 Å². The van der Waals surface area contributed by atoms with Crippen molar-refractivity contribution in [3.8, 4) is 0 Å². The molecule has 0 N–H and O–H groups in total. The van der Waals surface area contributed by atoms with Crippen LogP contribution < -0.4 is 0 Å². The smallest absolute Gasteiger partial charge is 0.182 e. The fraction of sp³-hybridized carbons (Fsp3) is 0.636. The maximum atomic E-state index is 11.5. The summed E-state index contributed by atoms with van der Waals surface area (Å²) in [5, 5.41) is 1.20. The van der Waals surface area contributed by atoms with Crippen molar-refractivity contribution in [2.45, 2.75) is 38.5 Å². The maximum absolute atomic E-state index is 11.5. The molecule has 0 spiro atoms. The lowest BCUT2D eigenvalue weighted by molar-refractivity contribution is 0.0968. The van der Waals surface area contributed by atoms with E-state index in [0.29, 0.717) is 6.42 Å². The Bertz CT molecular complexity index is 379. The fourth-order valence-electron chi connectivity index (χ4n) is 1.97. The number of ketones is 1. The minimum Gasteiger partial charge on any atom is -0.292 e. The van der Waals surface area contributed by atoms with E-state index in [4.69, 9.17) is 0 Å². The average Bonchev–Trinajstić information content (AvgIpc) is 2.84. The standard InChI is InChI=1S/C11H13NOS/c13-8-2-1-3-9-11(8)12-10(14-9)6-7-4-5-7/h7H,1-6H2. The Balaban J connectivity index is 1.88. The Kier molecular flexibility index (Phi) is 1.94. The molecule has 0 bridgehead atoms. The van der Waals surface area contributed by atoms with E-state index in [1.54, 1.807) is 11.3 Å². The molecule has 1 aromatic heterocycles. The molecule has 0 saturated heterocycles. The van der Waals surface area contributed by atoms with Gasteiger partial charge in [0.05, 0.1) is 5.01 Å². The van der Waals surface area contributed by atoms with Crippen LogP contribution >= 0.6 is 11.3 Å². The molecular formula is C11H13NOS. The van der Waals surface area contributed by atoms with Gasteiger partial charge < -0.3 is 0 Å². The highest BCUT2D eigenvalue weighted by Crippen LogP contribution is 2.35. The number of rotatable bonds is 2. The van der Waals surface area contributed by atoms with Gasteiger partial charge in [0.1, 0.15) is 5.69 Å². The number of carbonyl (C=O) groups is 1. The van der Waals surface area contributed by atoms with Crippen LogP contribution in [-0.2, 0) is 12.8 Å². The molecule has 0 atom stereocenters. The summed E-state index contributed by atoms with van der Waals surface area (Å²) in [6, 6.07) is 0. The summed E-state index contributed by atoms with van der Waals surface area (Å²) in [7, 11) is 0. The molecule has 0 aliphatic heterocycles. The van der Waals surface area contributed by atoms with Crippen LogP contribution in [0.2, 0.25) is 0 Å². The Morgan fingerprint density at radius 3 is 2.93 bits per heavy atom. The number of fused-ring (bicyclic) bond motifs is 1. The fourth-order valence-corrected chi connectivity index (χ4v) is 3.21. The van der Waals surface area contributed by atoms with Crippen LogP contribution in [0.1, 0.15) is 46.1 Å². The number of aryl methyl sites for hydroxylation is 1. The van der Waals surface area contributed by atoms with Gasteiger partial charge in [0.25, 0.3) is 0 Å². The van der Waals surface area contributed by atoms with Gasteiger partial charge in [-0.3, -0.25) is 4.79 Å². The van der Waals surface area contributed by atoms with E-state index < -0.39 is 0 Å². The molecule has 2 nitrogen and oxygen atoms in total. The number of nitrogens with zero attached hydrogens (tertiary/aromatic N) is 1. The lowest BCUT2D eigenvalue weighted by Crippen LogP contribution is -2.08. The summed E-state index contributed by atoms with van der Waals surface area (Å²) in [5.41, 5.74) is 0.803. The van der Waals surface area contributed by atoms with Gasteiger partial charge in [-0.1, -0.05) is 0 Å². The molecular weight excluding hydrogens is 194 g/mol. The maximum Gasteiger partial charge on any atom is 0.182 e. The van der Waals surface area contributed by atoms with Gasteiger partial charge in [-0.2, -0.15) is 0 Å². The molecule has 14 heavy (non-hydrogen) atoms. The Morgan fingerprint density at radius 1 is 1.36 bits per heavy atom. The molecule has 2 aliphatic carbocycles. The highest BCUT2D eigenvalue weighted by molar-refractivity contribution is 7.12. The zero-order valence-corrected chi connectivity index (χ0v) is 8.90. The average molecular weight is 207 g/mol. The summed E-state index contributed by atoms with van der Waals surface area (Å²) in [4.78, 5) is 17.3. The third-order valence-electron chi connectivity index (χ3n) is 2.97. The van der Waals surface area contributed by atoms with Gasteiger partial charge >= 0.3 is 0 Å². The van der Waals surface area contributed by atoms with Gasteiger partial charge in [0.2, 0.25) is 0 Å². The first-order valence-electron chi connectivity index (χ1n) is 5.34. The first-order valence-corrected chi connectivity index (χ1v) is 6.16. The summed E-state index contributed by atoms with van der Waals surface area (Å²) < 4.78 is 0. The van der Waals surface area contributed by atoms with Crippen LogP contribution in [0.15, 0.2) is 0 Å². The Morgan fingerprint density at radius 2 is 2.21 bits per heavy atom. The van der Waals surface area contributed by atoms with Gasteiger partial charge in [-0.05, 0) is 31.6 Å². The number of hydrogen-bond donors (Lipinski definition) is 0. The largest absolute Gasteiger partial charge is 0.292 e. The molecule has 0 unspecified atom stereocenters. The van der Waals surface area contributed by atoms with E-state index in [2.05, 4.69) is 4.98 Å². The van der Waals surface area contributed by atoms with E-state index in [-0.39, 0.29) is 5.78 Å². The highest BCUT2D eigenvalue weighted by atomic mass is 32.1. The normalized spacial score (nSPS) is 21.0. The zero-order valence-electron chi connectivity index (χ0n) is 8.08. The van der Waals surface area contributed by atoms with Crippen LogP contribution in [-0.4, -0.2) is 10.8 Å². The van der Waals surface area contributed by atoms with E-state index in [1.807, 2.05) is 0 Å². The first-order chi connectivity index (χ1) is 6.83. The lowest BCUT2D eigenvalue weighted by atomic mass is 10.0. The predicted molar refractivity (Wildman–Crippen MR) is 55.8 cm³/mol. The lowest BCUT2D eigenvalue weighted by Gasteiger charge is -2.06. The van der Waals surface area contributed by atoms with E-state index in [9.17, 15) is 4.79 Å². The van der Waals surface area contributed by atoms with Crippen LogP contribution in [0.3, 0.4) is 0 Å². The van der Waals surface area contributed by atoms with E-state index in [1.165, 1.54) is 22.7 Å². The van der Waals surface area contributed by atoms with Crippen molar-refractivity contribution in [1.82, 2.24) is 4.98 Å². The molecule has 1 heterocycles. The summed E-state index contributed by atoms with van der Waals surface area (Å²) in [6.45, 7) is 0. The van der Waals surface area contributed by atoms with Gasteiger partial charge in [-0.25, -0.2) is 4.98 Å². The molecule has 3 heteroatoms. The van der Waals surface area contributed by atoms with Gasteiger partial charge in [-0.15, -0.1) is 11.3 Å². The minimum atomic E-state index is 0.268. The number of carbonyl (C=O) groups excluding carboxylic acids is 1. The van der Waals surface area contributed by atoms with Crippen LogP contribution in [0, 0.1) is 5.92 Å². The van der Waals surface area contributed by atoms with Crippen LogP contribution in [0.4, 0.5) is 0 Å². The molecule has 3 rings (SSSR count). The molecule has 0 amide bonds. The zero-order chi connectivity index (χ0) is 9.54. The first kappa shape index (κ1) is 8.60. The van der Waals surface area contributed by atoms with E-state index >= 15 is 0 Å². The van der Waals surface area contributed by atoms with Crippen LogP contribution in [0.5, 0.6) is 0 Å². The van der Waals surface area contributed by atoms with Gasteiger partial charge in [0.15, 0.2) is 5.78 Å².